The first-order valence-electron chi connectivity index (χ1n) is 11.2. The first-order valence-corrected chi connectivity index (χ1v) is 12.1. The van der Waals surface area contributed by atoms with Crippen molar-refractivity contribution in [2.45, 2.75) is 17.1 Å². The maximum Gasteiger partial charge on any atom is 0.255 e. The molecule has 0 aliphatic heterocycles. The van der Waals surface area contributed by atoms with Crippen molar-refractivity contribution in [1.29, 1.82) is 0 Å². The molecule has 0 aliphatic carbocycles. The molecule has 0 radical (unpaired) electrons. The van der Waals surface area contributed by atoms with Gasteiger partial charge in [0.1, 0.15) is 5.75 Å². The van der Waals surface area contributed by atoms with Crippen LogP contribution in [0.15, 0.2) is 114 Å². The quantitative estimate of drug-likeness (QED) is 0.281. The molecule has 35 heavy (non-hydrogen) atoms. The third kappa shape index (κ3) is 6.11. The molecule has 1 N–H and O–H groups in total. The number of hydrogen-bond acceptors (Lipinski definition) is 4. The van der Waals surface area contributed by atoms with Crippen molar-refractivity contribution >= 4 is 40.6 Å². The molecular weight excluding hydrogens is 456 g/mol. The zero-order chi connectivity index (χ0) is 24.6. The van der Waals surface area contributed by atoms with Gasteiger partial charge in [0, 0.05) is 27.5 Å². The van der Waals surface area contributed by atoms with E-state index in [1.165, 1.54) is 11.8 Å². The van der Waals surface area contributed by atoms with Crippen molar-refractivity contribution in [1.82, 2.24) is 0 Å². The lowest BCUT2D eigenvalue weighted by atomic mass is 10.2. The normalized spacial score (nSPS) is 11.4. The van der Waals surface area contributed by atoms with Crippen LogP contribution in [0.5, 0.6) is 5.75 Å². The van der Waals surface area contributed by atoms with Gasteiger partial charge in [-0.3, -0.25) is 14.5 Å². The highest BCUT2D eigenvalue weighted by atomic mass is 32.2. The summed E-state index contributed by atoms with van der Waals surface area (Å²) >= 11 is 1.45. The molecule has 0 bridgehead atoms. The van der Waals surface area contributed by atoms with E-state index in [0.717, 1.165) is 16.3 Å². The van der Waals surface area contributed by atoms with Crippen LogP contribution in [0.3, 0.4) is 0 Å². The number of methoxy groups -OCH3 is 1. The van der Waals surface area contributed by atoms with E-state index in [1.54, 1.807) is 36.3 Å². The van der Waals surface area contributed by atoms with Crippen LogP contribution in [0.4, 0.5) is 17.1 Å². The van der Waals surface area contributed by atoms with Crippen molar-refractivity contribution in [3.63, 3.8) is 0 Å². The Labute approximate surface area is 209 Å². The average molecular weight is 483 g/mol. The van der Waals surface area contributed by atoms with E-state index in [0.29, 0.717) is 17.0 Å². The van der Waals surface area contributed by atoms with Crippen molar-refractivity contribution in [2.24, 2.45) is 0 Å². The molecule has 0 aromatic heterocycles. The summed E-state index contributed by atoms with van der Waals surface area (Å²) in [4.78, 5) is 28.8. The summed E-state index contributed by atoms with van der Waals surface area (Å²) in [5, 5.41) is 2.57. The highest BCUT2D eigenvalue weighted by Crippen LogP contribution is 2.32. The number of carbonyl (C=O) groups excluding carboxylic acids is 2. The van der Waals surface area contributed by atoms with Gasteiger partial charge in [0.05, 0.1) is 12.4 Å². The largest absolute Gasteiger partial charge is 0.497 e. The fourth-order valence-electron chi connectivity index (χ4n) is 3.59. The molecule has 0 saturated carbocycles. The zero-order valence-electron chi connectivity index (χ0n) is 19.5. The van der Waals surface area contributed by atoms with Gasteiger partial charge in [-0.15, -0.1) is 11.8 Å². The highest BCUT2D eigenvalue weighted by molar-refractivity contribution is 8.00. The average Bonchev–Trinajstić information content (AvgIpc) is 2.90. The Hall–Kier alpha value is -4.03. The summed E-state index contributed by atoms with van der Waals surface area (Å²) in [5.41, 5.74) is 2.83. The Bertz CT molecular complexity index is 1240. The summed E-state index contributed by atoms with van der Waals surface area (Å²) in [6.45, 7) is 1.90. The van der Waals surface area contributed by atoms with Crippen molar-refractivity contribution in [3.05, 3.63) is 115 Å². The Kier molecular flexibility index (Phi) is 7.85. The minimum atomic E-state index is -0.358. The lowest BCUT2D eigenvalue weighted by Gasteiger charge is -2.26. The van der Waals surface area contributed by atoms with Gasteiger partial charge in [-0.2, -0.15) is 0 Å². The molecule has 0 spiro atoms. The number of nitrogens with zero attached hydrogens (tertiary/aromatic N) is 1. The molecule has 4 rings (SSSR count). The number of anilines is 3. The minimum absolute atomic E-state index is 0.0277. The van der Waals surface area contributed by atoms with E-state index in [9.17, 15) is 9.59 Å². The van der Waals surface area contributed by atoms with Gasteiger partial charge < -0.3 is 10.1 Å². The van der Waals surface area contributed by atoms with E-state index in [1.807, 2.05) is 91.9 Å². The molecule has 4 aromatic rings. The molecule has 0 aliphatic rings. The Morgan fingerprint density at radius 2 is 1.40 bits per heavy atom. The second-order valence-electron chi connectivity index (χ2n) is 7.82. The number of amides is 2. The van der Waals surface area contributed by atoms with Crippen LogP contribution in [-0.2, 0) is 4.79 Å². The number of carbonyl (C=O) groups is 2. The maximum atomic E-state index is 13.6. The summed E-state index contributed by atoms with van der Waals surface area (Å²) < 4.78 is 5.15. The van der Waals surface area contributed by atoms with E-state index in [4.69, 9.17) is 4.74 Å². The van der Waals surface area contributed by atoms with Crippen LogP contribution >= 0.6 is 11.8 Å². The van der Waals surface area contributed by atoms with Crippen LogP contribution in [0.25, 0.3) is 0 Å². The Morgan fingerprint density at radius 3 is 1.97 bits per heavy atom. The maximum absolute atomic E-state index is 13.6. The molecule has 0 heterocycles. The molecule has 2 amide bonds. The third-order valence-electron chi connectivity index (χ3n) is 5.35. The fourth-order valence-corrected chi connectivity index (χ4v) is 4.55. The van der Waals surface area contributed by atoms with E-state index < -0.39 is 0 Å². The molecule has 0 saturated heterocycles. The number of rotatable bonds is 8. The first-order chi connectivity index (χ1) is 17.0. The van der Waals surface area contributed by atoms with E-state index in [2.05, 4.69) is 5.32 Å². The van der Waals surface area contributed by atoms with Crippen LogP contribution in [0.1, 0.15) is 17.3 Å². The number of nitrogens with one attached hydrogen (secondary N) is 1. The smallest absolute Gasteiger partial charge is 0.255 e. The Morgan fingerprint density at radius 1 is 0.800 bits per heavy atom. The lowest BCUT2D eigenvalue weighted by molar-refractivity contribution is -0.117. The first kappa shape index (κ1) is 24.1. The number of para-hydroxylation sites is 2. The molecule has 0 fully saturated rings. The fraction of sp³-hybridized carbons (Fsp3) is 0.103. The summed E-state index contributed by atoms with van der Waals surface area (Å²) in [6.07, 6.45) is 0. The number of benzene rings is 4. The van der Waals surface area contributed by atoms with E-state index >= 15 is 0 Å². The highest BCUT2D eigenvalue weighted by Gasteiger charge is 2.24. The zero-order valence-corrected chi connectivity index (χ0v) is 20.4. The molecule has 1 atom stereocenters. The van der Waals surface area contributed by atoms with Crippen molar-refractivity contribution in [3.8, 4) is 5.75 Å². The third-order valence-corrected chi connectivity index (χ3v) is 6.44. The Balaban J connectivity index is 1.49. The van der Waals surface area contributed by atoms with Crippen molar-refractivity contribution in [2.75, 3.05) is 17.3 Å². The number of thioether (sulfide) groups is 1. The minimum Gasteiger partial charge on any atom is -0.497 e. The van der Waals surface area contributed by atoms with E-state index in [-0.39, 0.29) is 17.1 Å². The summed E-state index contributed by atoms with van der Waals surface area (Å²) in [5.74, 6) is 0.456. The molecular formula is C29H26N2O3S. The molecule has 5 nitrogen and oxygen atoms in total. The standard InChI is InChI=1S/C29H26N2O3S/c1-21(29(33)31(24-11-5-3-6-12-24)25-13-7-4-8-14-25)35-27-15-9-10-23(20-27)30-28(32)22-16-18-26(34-2)19-17-22/h3-21H,1-2H3,(H,30,32). The van der Waals surface area contributed by atoms with Gasteiger partial charge in [-0.05, 0) is 73.7 Å². The number of hydrogen-bond donors (Lipinski definition) is 1. The second-order valence-corrected chi connectivity index (χ2v) is 9.23. The predicted molar refractivity (Wildman–Crippen MR) is 143 cm³/mol. The van der Waals surface area contributed by atoms with Crippen molar-refractivity contribution < 1.29 is 14.3 Å². The summed E-state index contributed by atoms with van der Waals surface area (Å²) in [7, 11) is 1.59. The van der Waals surface area contributed by atoms with Gasteiger partial charge in [0.2, 0.25) is 5.91 Å². The molecule has 1 unspecified atom stereocenters. The predicted octanol–water partition coefficient (Wildman–Crippen LogP) is 6.79. The van der Waals surface area contributed by atoms with Gasteiger partial charge in [0.15, 0.2) is 0 Å². The van der Waals surface area contributed by atoms with Crippen LogP contribution in [0.2, 0.25) is 0 Å². The summed E-state index contributed by atoms with van der Waals surface area (Å²) in [6, 6.07) is 33.7. The SMILES string of the molecule is COc1ccc(C(=O)Nc2cccc(SC(C)C(=O)N(c3ccccc3)c3ccccc3)c2)cc1. The molecule has 176 valence electrons. The van der Waals surface area contributed by atoms with Gasteiger partial charge >= 0.3 is 0 Å². The number of ether oxygens (including phenoxy) is 1. The van der Waals surface area contributed by atoms with Gasteiger partial charge in [-0.1, -0.05) is 42.5 Å². The molecule has 6 heteroatoms. The van der Waals surface area contributed by atoms with Gasteiger partial charge in [0.25, 0.3) is 5.91 Å². The van der Waals surface area contributed by atoms with Crippen LogP contribution < -0.4 is 15.0 Å². The lowest BCUT2D eigenvalue weighted by Crippen LogP contribution is -2.32. The van der Waals surface area contributed by atoms with Crippen LogP contribution in [-0.4, -0.2) is 24.2 Å². The topological polar surface area (TPSA) is 58.6 Å². The molecule has 4 aromatic carbocycles. The second kappa shape index (κ2) is 11.4. The van der Waals surface area contributed by atoms with Crippen LogP contribution in [0, 0.1) is 0 Å². The monoisotopic (exact) mass is 482 g/mol. The van der Waals surface area contributed by atoms with Gasteiger partial charge in [-0.25, -0.2) is 0 Å².